The molecule has 1 amide bonds. The molecule has 1 aliphatic carbocycles. The Kier molecular flexibility index (Phi) is 5.92. The number of nitrogens with zero attached hydrogens (tertiary/aromatic N) is 1. The van der Waals surface area contributed by atoms with Crippen LogP contribution in [0.5, 0.6) is 0 Å². The van der Waals surface area contributed by atoms with Gasteiger partial charge in [0.25, 0.3) is 0 Å². The van der Waals surface area contributed by atoms with Crippen molar-refractivity contribution in [2.45, 2.75) is 44.6 Å². The second-order valence-electron chi connectivity index (χ2n) is 5.28. The summed E-state index contributed by atoms with van der Waals surface area (Å²) < 4.78 is 0. The Morgan fingerprint density at radius 2 is 2.06 bits per heavy atom. The van der Waals surface area contributed by atoms with E-state index < -0.39 is 0 Å². The molecule has 0 radical (unpaired) electrons. The number of unbranched alkanes of at least 4 members (excludes halogenated alkanes) is 1. The fourth-order valence-corrected chi connectivity index (χ4v) is 2.24. The number of carbonyl (C=O) groups excluding carboxylic acids is 1. The second-order valence-corrected chi connectivity index (χ2v) is 5.28. The second kappa shape index (κ2) is 6.97. The third-order valence-electron chi connectivity index (χ3n) is 3.83. The third kappa shape index (κ3) is 4.28. The van der Waals surface area contributed by atoms with Crippen molar-refractivity contribution in [1.29, 1.82) is 0 Å². The van der Waals surface area contributed by atoms with Gasteiger partial charge >= 0.3 is 0 Å². The van der Waals surface area contributed by atoms with E-state index in [4.69, 9.17) is 0 Å². The maximum absolute atomic E-state index is 11.5. The van der Waals surface area contributed by atoms with E-state index in [9.17, 15) is 4.79 Å². The summed E-state index contributed by atoms with van der Waals surface area (Å²) in [6, 6.07) is 0. The van der Waals surface area contributed by atoms with E-state index in [1.807, 2.05) is 0 Å². The molecule has 0 aromatic rings. The van der Waals surface area contributed by atoms with Gasteiger partial charge in [-0.15, -0.1) is 0 Å². The molecule has 0 unspecified atom stereocenters. The average Bonchev–Trinajstić information content (AvgIpc) is 2.21. The first-order valence-electron chi connectivity index (χ1n) is 6.75. The quantitative estimate of drug-likeness (QED) is 0.623. The number of likely N-dealkylation sites (N-methyl/N-ethyl adjacent to an activating group) is 1. The summed E-state index contributed by atoms with van der Waals surface area (Å²) in [4.78, 5) is 13.8. The highest BCUT2D eigenvalue weighted by atomic mass is 16.1. The normalized spacial score (nSPS) is 17.9. The van der Waals surface area contributed by atoms with E-state index >= 15 is 0 Å². The molecule has 1 rings (SSSR count). The molecule has 4 heteroatoms. The average molecular weight is 241 g/mol. The van der Waals surface area contributed by atoms with E-state index in [-0.39, 0.29) is 5.91 Å². The zero-order valence-electron chi connectivity index (χ0n) is 11.5. The Balaban J connectivity index is 2.12. The molecule has 1 saturated carbocycles. The number of rotatable bonds is 8. The molecule has 0 aliphatic heterocycles. The van der Waals surface area contributed by atoms with Crippen molar-refractivity contribution in [3.8, 4) is 0 Å². The SMILES string of the molecule is CCCCNC(=O)CNCC1(N(C)C)CCC1. The number of carbonyl (C=O) groups is 1. The molecule has 100 valence electrons. The summed E-state index contributed by atoms with van der Waals surface area (Å²) in [5, 5.41) is 6.20. The van der Waals surface area contributed by atoms with Crippen molar-refractivity contribution in [3.63, 3.8) is 0 Å². The van der Waals surface area contributed by atoms with Crippen molar-refractivity contribution >= 4 is 5.91 Å². The van der Waals surface area contributed by atoms with Gasteiger partial charge in [-0.3, -0.25) is 4.79 Å². The van der Waals surface area contributed by atoms with Gasteiger partial charge in [0, 0.05) is 18.6 Å². The first-order chi connectivity index (χ1) is 8.10. The first-order valence-corrected chi connectivity index (χ1v) is 6.75. The summed E-state index contributed by atoms with van der Waals surface area (Å²) in [6.07, 6.45) is 5.97. The topological polar surface area (TPSA) is 44.4 Å². The van der Waals surface area contributed by atoms with Crippen molar-refractivity contribution in [3.05, 3.63) is 0 Å². The minimum absolute atomic E-state index is 0.117. The van der Waals surface area contributed by atoms with Crippen molar-refractivity contribution in [2.24, 2.45) is 0 Å². The van der Waals surface area contributed by atoms with Crippen LogP contribution in [-0.4, -0.2) is 50.1 Å². The van der Waals surface area contributed by atoms with Crippen LogP contribution in [0.1, 0.15) is 39.0 Å². The van der Waals surface area contributed by atoms with Crippen LogP contribution in [0.4, 0.5) is 0 Å². The molecule has 4 nitrogen and oxygen atoms in total. The smallest absolute Gasteiger partial charge is 0.233 e. The van der Waals surface area contributed by atoms with Crippen LogP contribution >= 0.6 is 0 Å². The van der Waals surface area contributed by atoms with Crippen LogP contribution in [0.15, 0.2) is 0 Å². The molecule has 1 fully saturated rings. The van der Waals surface area contributed by atoms with Crippen LogP contribution < -0.4 is 10.6 Å². The van der Waals surface area contributed by atoms with Gasteiger partial charge in [0.15, 0.2) is 0 Å². The Bertz CT molecular complexity index is 237. The number of nitrogens with one attached hydrogen (secondary N) is 2. The molecule has 1 aliphatic rings. The Labute approximate surface area is 105 Å². The van der Waals surface area contributed by atoms with Gasteiger partial charge in [-0.2, -0.15) is 0 Å². The number of amides is 1. The van der Waals surface area contributed by atoms with Gasteiger partial charge in [0.2, 0.25) is 5.91 Å². The lowest BCUT2D eigenvalue weighted by atomic mass is 9.75. The standard InChI is InChI=1S/C13H27N3O/c1-4-5-9-15-12(17)10-14-11-13(16(2)3)7-6-8-13/h14H,4-11H2,1-3H3,(H,15,17). The largest absolute Gasteiger partial charge is 0.355 e. The van der Waals surface area contributed by atoms with Gasteiger partial charge in [0.1, 0.15) is 0 Å². The minimum Gasteiger partial charge on any atom is -0.355 e. The highest BCUT2D eigenvalue weighted by Crippen LogP contribution is 2.35. The summed E-state index contributed by atoms with van der Waals surface area (Å²) in [5.74, 6) is 0.117. The first kappa shape index (κ1) is 14.5. The van der Waals surface area contributed by atoms with Crippen LogP contribution in [-0.2, 0) is 4.79 Å². The van der Waals surface area contributed by atoms with Crippen molar-refractivity contribution in [2.75, 3.05) is 33.7 Å². The molecule has 0 atom stereocenters. The molecule has 0 bridgehead atoms. The van der Waals surface area contributed by atoms with E-state index in [0.29, 0.717) is 12.1 Å². The molecule has 0 aromatic heterocycles. The van der Waals surface area contributed by atoms with Gasteiger partial charge in [-0.1, -0.05) is 13.3 Å². The maximum Gasteiger partial charge on any atom is 0.233 e. The lowest BCUT2D eigenvalue weighted by Gasteiger charge is -2.47. The monoisotopic (exact) mass is 241 g/mol. The highest BCUT2D eigenvalue weighted by Gasteiger charge is 2.38. The fraction of sp³-hybridized carbons (Fsp3) is 0.923. The third-order valence-corrected chi connectivity index (χ3v) is 3.83. The van der Waals surface area contributed by atoms with Gasteiger partial charge < -0.3 is 15.5 Å². The Morgan fingerprint density at radius 1 is 1.35 bits per heavy atom. The summed E-state index contributed by atoms with van der Waals surface area (Å²) >= 11 is 0. The zero-order valence-corrected chi connectivity index (χ0v) is 11.5. The zero-order chi connectivity index (χ0) is 12.7. The Morgan fingerprint density at radius 3 is 2.53 bits per heavy atom. The van der Waals surface area contributed by atoms with Gasteiger partial charge in [-0.05, 0) is 39.8 Å². The molecular formula is C13H27N3O. The van der Waals surface area contributed by atoms with Gasteiger partial charge in [-0.25, -0.2) is 0 Å². The number of hydrogen-bond donors (Lipinski definition) is 2. The van der Waals surface area contributed by atoms with Crippen molar-refractivity contribution in [1.82, 2.24) is 15.5 Å². The predicted octanol–water partition coefficient (Wildman–Crippen LogP) is 0.977. The van der Waals surface area contributed by atoms with Crippen LogP contribution in [0.3, 0.4) is 0 Å². The molecule has 0 spiro atoms. The van der Waals surface area contributed by atoms with E-state index in [2.05, 4.69) is 36.6 Å². The molecular weight excluding hydrogens is 214 g/mol. The lowest BCUT2D eigenvalue weighted by Crippen LogP contribution is -2.57. The van der Waals surface area contributed by atoms with Crippen LogP contribution in [0.2, 0.25) is 0 Å². The van der Waals surface area contributed by atoms with Gasteiger partial charge in [0.05, 0.1) is 6.54 Å². The summed E-state index contributed by atoms with van der Waals surface area (Å²) in [6.45, 7) is 4.29. The fourth-order valence-electron chi connectivity index (χ4n) is 2.24. The summed E-state index contributed by atoms with van der Waals surface area (Å²) in [5.41, 5.74) is 0.295. The molecule has 17 heavy (non-hydrogen) atoms. The van der Waals surface area contributed by atoms with E-state index in [1.165, 1.54) is 19.3 Å². The van der Waals surface area contributed by atoms with E-state index in [1.54, 1.807) is 0 Å². The summed E-state index contributed by atoms with van der Waals surface area (Å²) in [7, 11) is 4.25. The maximum atomic E-state index is 11.5. The number of hydrogen-bond acceptors (Lipinski definition) is 3. The molecule has 2 N–H and O–H groups in total. The van der Waals surface area contributed by atoms with Crippen molar-refractivity contribution < 1.29 is 4.79 Å². The van der Waals surface area contributed by atoms with E-state index in [0.717, 1.165) is 25.9 Å². The highest BCUT2D eigenvalue weighted by molar-refractivity contribution is 5.77. The lowest BCUT2D eigenvalue weighted by molar-refractivity contribution is -0.120. The predicted molar refractivity (Wildman–Crippen MR) is 71.1 cm³/mol. The molecule has 0 aromatic carbocycles. The Hall–Kier alpha value is -0.610. The molecule has 0 saturated heterocycles. The van der Waals surface area contributed by atoms with Crippen LogP contribution in [0.25, 0.3) is 0 Å². The van der Waals surface area contributed by atoms with Crippen LogP contribution in [0, 0.1) is 0 Å². The molecule has 0 heterocycles. The minimum atomic E-state index is 0.117.